The van der Waals surface area contributed by atoms with E-state index in [-0.39, 0.29) is 6.71 Å². The fraction of sp³-hybridized carbons (Fsp3) is 0.0909. The van der Waals surface area contributed by atoms with Crippen molar-refractivity contribution in [2.75, 3.05) is 0 Å². The largest absolute Gasteiger partial charge is 0.310 e. The molecule has 3 nitrogen and oxygen atoms in total. The van der Waals surface area contributed by atoms with Crippen molar-refractivity contribution in [3.63, 3.8) is 0 Å². The van der Waals surface area contributed by atoms with Crippen LogP contribution in [0.1, 0.15) is 50.7 Å². The smallest absolute Gasteiger partial charge is 0.252 e. The summed E-state index contributed by atoms with van der Waals surface area (Å²) in [5.41, 5.74) is 23.4. The highest BCUT2D eigenvalue weighted by Gasteiger charge is 2.42. The van der Waals surface area contributed by atoms with Gasteiger partial charge in [0, 0.05) is 49.2 Å². The van der Waals surface area contributed by atoms with Gasteiger partial charge in [-0.2, -0.15) is 0 Å². The molecule has 0 spiro atoms. The monoisotopic (exact) mass is 889 g/mol. The SMILES string of the molecule is CC(C)c1ccc2c(c1)c1c3ccccc3cc3c1n2-c1cc(-n2c4cccc5c4c4c6c(cccc6ccc42)-c2ccccc2-5)cc2c1B3c1cc(C(C)C)cc3c4c5ccccc5ccc4n-2c13. The van der Waals surface area contributed by atoms with Gasteiger partial charge in [0.15, 0.2) is 0 Å². The van der Waals surface area contributed by atoms with E-state index in [1.54, 1.807) is 0 Å². The molecular weight excluding hydrogens is 846 g/mol. The molecule has 2 aliphatic heterocycles. The summed E-state index contributed by atoms with van der Waals surface area (Å²) in [5, 5.41) is 15.8. The van der Waals surface area contributed by atoms with Crippen molar-refractivity contribution in [1.82, 2.24) is 13.7 Å². The van der Waals surface area contributed by atoms with Crippen molar-refractivity contribution in [2.45, 2.75) is 39.5 Å². The average molecular weight is 890 g/mol. The lowest BCUT2D eigenvalue weighted by Gasteiger charge is -2.35. The molecule has 3 aliphatic rings. The van der Waals surface area contributed by atoms with Crippen LogP contribution >= 0.6 is 0 Å². The van der Waals surface area contributed by atoms with Crippen LogP contribution in [0.2, 0.25) is 0 Å². The summed E-state index contributed by atoms with van der Waals surface area (Å²) in [6.07, 6.45) is 0. The van der Waals surface area contributed by atoms with Gasteiger partial charge in [0.2, 0.25) is 0 Å². The summed E-state index contributed by atoms with van der Waals surface area (Å²) in [6.45, 7) is 9.38. The second-order valence-electron chi connectivity index (χ2n) is 21.1. The zero-order chi connectivity index (χ0) is 46.0. The van der Waals surface area contributed by atoms with Crippen LogP contribution in [-0.2, 0) is 0 Å². The van der Waals surface area contributed by atoms with Gasteiger partial charge in [-0.05, 0) is 142 Å². The molecule has 3 aromatic heterocycles. The minimum absolute atomic E-state index is 0.00941. The molecule has 0 atom stereocenters. The first-order valence-corrected chi connectivity index (χ1v) is 25.2. The Hall–Kier alpha value is -8.34. The predicted molar refractivity (Wildman–Crippen MR) is 299 cm³/mol. The number of aromatic nitrogens is 3. The van der Waals surface area contributed by atoms with Gasteiger partial charge in [-0.1, -0.05) is 161 Å². The lowest BCUT2D eigenvalue weighted by atomic mass is 9.34. The topological polar surface area (TPSA) is 14.8 Å². The third-order valence-electron chi connectivity index (χ3n) is 17.0. The number of nitrogens with zero attached hydrogens (tertiary/aromatic N) is 3. The summed E-state index contributed by atoms with van der Waals surface area (Å²) >= 11 is 0. The van der Waals surface area contributed by atoms with Crippen molar-refractivity contribution < 1.29 is 0 Å². The lowest BCUT2D eigenvalue weighted by Crippen LogP contribution is -2.59. The van der Waals surface area contributed by atoms with Gasteiger partial charge in [0.05, 0.1) is 33.3 Å². The van der Waals surface area contributed by atoms with Crippen LogP contribution in [-0.4, -0.2) is 20.4 Å². The normalized spacial score (nSPS) is 13.4. The van der Waals surface area contributed by atoms with E-state index in [4.69, 9.17) is 0 Å². The van der Waals surface area contributed by atoms with Crippen molar-refractivity contribution in [1.29, 1.82) is 0 Å². The maximum absolute atomic E-state index is 2.68. The van der Waals surface area contributed by atoms with Crippen LogP contribution in [0, 0.1) is 0 Å². The Morgan fingerprint density at radius 3 is 1.69 bits per heavy atom. The first kappa shape index (κ1) is 37.6. The molecule has 0 radical (unpaired) electrons. The van der Waals surface area contributed by atoms with Crippen molar-refractivity contribution in [2.24, 2.45) is 0 Å². The second-order valence-corrected chi connectivity index (χ2v) is 21.1. The van der Waals surface area contributed by atoms with Crippen LogP contribution in [0.5, 0.6) is 0 Å². The zero-order valence-electron chi connectivity index (χ0n) is 39.4. The van der Waals surface area contributed by atoms with Gasteiger partial charge in [-0.15, -0.1) is 0 Å². The van der Waals surface area contributed by atoms with Gasteiger partial charge in [-0.25, -0.2) is 0 Å². The van der Waals surface area contributed by atoms with Crippen LogP contribution in [0.25, 0.3) is 137 Å². The molecule has 5 heterocycles. The first-order chi connectivity index (χ1) is 34.4. The molecule has 0 amide bonds. The summed E-state index contributed by atoms with van der Waals surface area (Å²) in [6, 6.07) is 70.6. The summed E-state index contributed by atoms with van der Waals surface area (Å²) < 4.78 is 7.96. The molecule has 326 valence electrons. The Morgan fingerprint density at radius 2 is 0.914 bits per heavy atom. The molecule has 1 aliphatic carbocycles. The third-order valence-corrected chi connectivity index (χ3v) is 17.0. The summed E-state index contributed by atoms with van der Waals surface area (Å²) in [5.74, 6) is 0.759. The van der Waals surface area contributed by atoms with Crippen LogP contribution in [0.15, 0.2) is 182 Å². The zero-order valence-corrected chi connectivity index (χ0v) is 39.4. The van der Waals surface area contributed by atoms with E-state index in [9.17, 15) is 0 Å². The minimum Gasteiger partial charge on any atom is -0.310 e. The third kappa shape index (κ3) is 4.41. The number of benzene rings is 11. The fourth-order valence-electron chi connectivity index (χ4n) is 14.0. The highest BCUT2D eigenvalue weighted by molar-refractivity contribution is 7.00. The molecule has 4 heteroatoms. The summed E-state index contributed by atoms with van der Waals surface area (Å²) in [7, 11) is 0. The van der Waals surface area contributed by atoms with E-state index in [2.05, 4.69) is 223 Å². The minimum atomic E-state index is 0.00941. The molecular formula is C66H44BN3. The van der Waals surface area contributed by atoms with Gasteiger partial charge in [0.1, 0.15) is 0 Å². The van der Waals surface area contributed by atoms with E-state index in [1.807, 2.05) is 0 Å². The fourth-order valence-corrected chi connectivity index (χ4v) is 14.0. The van der Waals surface area contributed by atoms with Gasteiger partial charge < -0.3 is 13.7 Å². The molecule has 0 fully saturated rings. The van der Waals surface area contributed by atoms with E-state index in [1.165, 1.54) is 165 Å². The molecule has 11 aromatic carbocycles. The van der Waals surface area contributed by atoms with Crippen molar-refractivity contribution >= 4 is 121 Å². The highest BCUT2D eigenvalue weighted by Crippen LogP contribution is 2.51. The Bertz CT molecular complexity index is 4780. The standard InChI is InChI=1S/C66H44BN3/c1-35(2)39-25-26-53-49(29-39)61-44-17-8-6-14-40(44)31-52-66(61)69(53)57-33-42(68-54-22-12-21-48-46-19-10-9-18-45(46)47-20-11-15-38-24-28-56(68)63(59(38)47)62(48)54)34-58-64(57)67(52)51-32-41(36(3)4)30-50-60-43-16-7-5-13-37(43)23-27-55(60)70(58)65(50)51/h5-36H,1-4H3. The van der Waals surface area contributed by atoms with Gasteiger partial charge in [0.25, 0.3) is 6.71 Å². The molecule has 14 aromatic rings. The van der Waals surface area contributed by atoms with Gasteiger partial charge >= 0.3 is 0 Å². The lowest BCUT2D eigenvalue weighted by molar-refractivity contribution is 0.868. The first-order valence-electron chi connectivity index (χ1n) is 25.2. The molecule has 17 rings (SSSR count). The number of hydrogen-bond donors (Lipinski definition) is 0. The van der Waals surface area contributed by atoms with E-state index in [0.717, 1.165) is 0 Å². The number of rotatable bonds is 3. The second kappa shape index (κ2) is 12.8. The Balaban J connectivity index is 1.11. The van der Waals surface area contributed by atoms with Crippen molar-refractivity contribution in [3.8, 4) is 39.3 Å². The van der Waals surface area contributed by atoms with Crippen LogP contribution in [0.3, 0.4) is 0 Å². The van der Waals surface area contributed by atoms with E-state index in [0.29, 0.717) is 11.8 Å². The van der Waals surface area contributed by atoms with Crippen molar-refractivity contribution in [3.05, 3.63) is 193 Å². The average Bonchev–Trinajstić information content (AvgIpc) is 4.02. The van der Waals surface area contributed by atoms with E-state index >= 15 is 0 Å². The Labute approximate surface area is 404 Å². The number of fused-ring (bicyclic) bond motifs is 17. The predicted octanol–water partition coefficient (Wildman–Crippen LogP) is 15.5. The maximum Gasteiger partial charge on any atom is 0.252 e. The number of hydrogen-bond acceptors (Lipinski definition) is 0. The molecule has 0 unspecified atom stereocenters. The molecule has 0 saturated heterocycles. The Morgan fingerprint density at radius 1 is 0.343 bits per heavy atom. The van der Waals surface area contributed by atoms with Gasteiger partial charge in [-0.3, -0.25) is 0 Å². The molecule has 0 saturated carbocycles. The van der Waals surface area contributed by atoms with Crippen LogP contribution < -0.4 is 16.4 Å². The van der Waals surface area contributed by atoms with Crippen LogP contribution in [0.4, 0.5) is 0 Å². The maximum atomic E-state index is 2.68. The molecule has 0 bridgehead atoms. The molecule has 70 heavy (non-hydrogen) atoms. The Kier molecular flexibility index (Phi) is 6.90. The highest BCUT2D eigenvalue weighted by atomic mass is 15.1. The molecule has 0 N–H and O–H groups in total. The quantitative estimate of drug-likeness (QED) is 0.157. The summed E-state index contributed by atoms with van der Waals surface area (Å²) in [4.78, 5) is 0. The van der Waals surface area contributed by atoms with E-state index < -0.39 is 0 Å².